The molecule has 178 valence electrons. The van der Waals surface area contributed by atoms with Gasteiger partial charge in [0.05, 0.1) is 45.1 Å². The van der Waals surface area contributed by atoms with Crippen molar-refractivity contribution in [2.24, 2.45) is 5.10 Å². The monoisotopic (exact) mass is 482 g/mol. The SMILES string of the molecule is COc1ccc(C2=NN(S(=O)(=O)c3ccccc3)C(c3ccc(OC)c(OC)c3)C2)cc1OC. The van der Waals surface area contributed by atoms with E-state index in [-0.39, 0.29) is 4.90 Å². The number of sulfonamides is 1. The van der Waals surface area contributed by atoms with Gasteiger partial charge >= 0.3 is 0 Å². The first kappa shape index (κ1) is 23.4. The van der Waals surface area contributed by atoms with Crippen molar-refractivity contribution in [1.82, 2.24) is 4.41 Å². The van der Waals surface area contributed by atoms with E-state index in [1.807, 2.05) is 12.1 Å². The molecule has 1 atom stereocenters. The molecule has 3 aromatic carbocycles. The molecular weight excluding hydrogens is 456 g/mol. The van der Waals surface area contributed by atoms with Crippen molar-refractivity contribution in [3.63, 3.8) is 0 Å². The third kappa shape index (κ3) is 4.26. The predicted octanol–water partition coefficient (Wildman–Crippen LogP) is 4.26. The van der Waals surface area contributed by atoms with Gasteiger partial charge in [0.1, 0.15) is 0 Å². The summed E-state index contributed by atoms with van der Waals surface area (Å²) in [6.07, 6.45) is 0.358. The number of hydrazone groups is 1. The highest BCUT2D eigenvalue weighted by atomic mass is 32.2. The Labute approximate surface area is 199 Å². The summed E-state index contributed by atoms with van der Waals surface area (Å²) in [5.41, 5.74) is 2.09. The van der Waals surface area contributed by atoms with E-state index >= 15 is 0 Å². The van der Waals surface area contributed by atoms with Crippen molar-refractivity contribution in [3.8, 4) is 23.0 Å². The zero-order chi connectivity index (χ0) is 24.3. The van der Waals surface area contributed by atoms with Crippen LogP contribution in [0.15, 0.2) is 76.7 Å². The van der Waals surface area contributed by atoms with Crippen LogP contribution in [-0.4, -0.2) is 47.0 Å². The third-order valence-electron chi connectivity index (χ3n) is 5.67. The van der Waals surface area contributed by atoms with Crippen molar-refractivity contribution in [2.75, 3.05) is 28.4 Å². The second-order valence-corrected chi connectivity index (χ2v) is 9.34. The molecule has 3 aromatic rings. The molecule has 0 bridgehead atoms. The summed E-state index contributed by atoms with van der Waals surface area (Å²) < 4.78 is 50.0. The molecule has 0 amide bonds. The van der Waals surface area contributed by atoms with Gasteiger partial charge in [-0.3, -0.25) is 0 Å². The molecule has 0 saturated heterocycles. The fraction of sp³-hybridized carbons (Fsp3) is 0.240. The van der Waals surface area contributed by atoms with Gasteiger partial charge in [-0.25, -0.2) is 0 Å². The van der Waals surface area contributed by atoms with Crippen molar-refractivity contribution in [3.05, 3.63) is 77.9 Å². The lowest BCUT2D eigenvalue weighted by Crippen LogP contribution is -2.27. The van der Waals surface area contributed by atoms with Crippen LogP contribution in [0.2, 0.25) is 0 Å². The first-order chi connectivity index (χ1) is 16.4. The molecule has 0 aliphatic carbocycles. The van der Waals surface area contributed by atoms with E-state index in [9.17, 15) is 8.42 Å². The minimum absolute atomic E-state index is 0.165. The van der Waals surface area contributed by atoms with E-state index in [0.717, 1.165) is 11.1 Å². The van der Waals surface area contributed by atoms with Gasteiger partial charge in [0.2, 0.25) is 0 Å². The fourth-order valence-corrected chi connectivity index (χ4v) is 5.36. The Morgan fingerprint density at radius 1 is 0.765 bits per heavy atom. The summed E-state index contributed by atoms with van der Waals surface area (Å²) in [4.78, 5) is 0.165. The van der Waals surface area contributed by atoms with Crippen LogP contribution in [0.4, 0.5) is 0 Å². The lowest BCUT2D eigenvalue weighted by atomic mass is 9.98. The Morgan fingerprint density at radius 2 is 1.35 bits per heavy atom. The summed E-state index contributed by atoms with van der Waals surface area (Å²) in [5.74, 6) is 2.18. The molecule has 0 saturated carbocycles. The van der Waals surface area contributed by atoms with Gasteiger partial charge < -0.3 is 18.9 Å². The highest BCUT2D eigenvalue weighted by molar-refractivity contribution is 7.89. The van der Waals surface area contributed by atoms with E-state index in [1.54, 1.807) is 83.0 Å². The van der Waals surface area contributed by atoms with Crippen LogP contribution in [0.25, 0.3) is 0 Å². The second kappa shape index (κ2) is 9.64. The van der Waals surface area contributed by atoms with Crippen LogP contribution in [0.1, 0.15) is 23.6 Å². The Hall–Kier alpha value is -3.72. The van der Waals surface area contributed by atoms with Crippen LogP contribution in [0.5, 0.6) is 23.0 Å². The first-order valence-corrected chi connectivity index (χ1v) is 12.0. The van der Waals surface area contributed by atoms with Gasteiger partial charge in [0.15, 0.2) is 23.0 Å². The molecule has 0 spiro atoms. The number of benzene rings is 3. The highest BCUT2D eigenvalue weighted by Crippen LogP contribution is 2.41. The number of methoxy groups -OCH3 is 4. The largest absolute Gasteiger partial charge is 0.493 e. The molecule has 9 heteroatoms. The minimum atomic E-state index is -3.92. The molecule has 0 fully saturated rings. The number of rotatable bonds is 8. The number of nitrogens with zero attached hydrogens (tertiary/aromatic N) is 2. The van der Waals surface area contributed by atoms with Gasteiger partial charge in [-0.15, -0.1) is 0 Å². The van der Waals surface area contributed by atoms with Crippen molar-refractivity contribution in [2.45, 2.75) is 17.4 Å². The maximum absolute atomic E-state index is 13.6. The topological polar surface area (TPSA) is 86.7 Å². The Balaban J connectivity index is 1.82. The summed E-state index contributed by atoms with van der Waals surface area (Å²) >= 11 is 0. The molecule has 0 aromatic heterocycles. The predicted molar refractivity (Wildman–Crippen MR) is 128 cm³/mol. The normalized spacial score (nSPS) is 15.6. The molecule has 34 heavy (non-hydrogen) atoms. The standard InChI is InChI=1S/C25H26N2O6S/c1-30-22-12-10-17(14-24(22)32-3)20-16-21(18-11-13-23(31-2)25(15-18)33-4)27(26-20)34(28,29)19-8-6-5-7-9-19/h5-15,21H,16H2,1-4H3. The highest BCUT2D eigenvalue weighted by Gasteiger charge is 2.38. The molecule has 0 N–H and O–H groups in total. The van der Waals surface area contributed by atoms with Crippen LogP contribution < -0.4 is 18.9 Å². The van der Waals surface area contributed by atoms with Crippen molar-refractivity contribution >= 4 is 15.7 Å². The maximum atomic E-state index is 13.6. The number of ether oxygens (including phenoxy) is 4. The Bertz CT molecular complexity index is 1310. The van der Waals surface area contributed by atoms with Crippen LogP contribution >= 0.6 is 0 Å². The van der Waals surface area contributed by atoms with Crippen LogP contribution in [-0.2, 0) is 10.0 Å². The molecule has 0 radical (unpaired) electrons. The van der Waals surface area contributed by atoms with Gasteiger partial charge in [0, 0.05) is 12.0 Å². The molecule has 1 aliphatic rings. The lowest BCUT2D eigenvalue weighted by Gasteiger charge is -2.24. The average molecular weight is 483 g/mol. The van der Waals surface area contributed by atoms with Gasteiger partial charge in [-0.1, -0.05) is 24.3 Å². The third-order valence-corrected chi connectivity index (χ3v) is 7.37. The van der Waals surface area contributed by atoms with E-state index in [1.165, 1.54) is 4.41 Å². The summed E-state index contributed by atoms with van der Waals surface area (Å²) in [6.45, 7) is 0. The van der Waals surface area contributed by atoms with Crippen molar-refractivity contribution < 1.29 is 27.4 Å². The number of hydrogen-bond acceptors (Lipinski definition) is 7. The Morgan fingerprint density at radius 3 is 1.97 bits per heavy atom. The molecule has 1 aliphatic heterocycles. The Kier molecular flexibility index (Phi) is 6.65. The zero-order valence-electron chi connectivity index (χ0n) is 19.4. The second-order valence-electron chi connectivity index (χ2n) is 7.54. The molecule has 1 heterocycles. The first-order valence-electron chi connectivity index (χ1n) is 10.5. The van der Waals surface area contributed by atoms with Gasteiger partial charge in [-0.2, -0.15) is 17.9 Å². The van der Waals surface area contributed by atoms with Crippen LogP contribution in [0.3, 0.4) is 0 Å². The maximum Gasteiger partial charge on any atom is 0.279 e. The van der Waals surface area contributed by atoms with E-state index in [0.29, 0.717) is 35.1 Å². The lowest BCUT2D eigenvalue weighted by molar-refractivity contribution is 0.348. The van der Waals surface area contributed by atoms with Gasteiger partial charge in [-0.05, 0) is 48.0 Å². The minimum Gasteiger partial charge on any atom is -0.493 e. The van der Waals surface area contributed by atoms with E-state index < -0.39 is 16.1 Å². The average Bonchev–Trinajstić information content (AvgIpc) is 3.35. The van der Waals surface area contributed by atoms with Crippen LogP contribution in [0, 0.1) is 0 Å². The molecule has 1 unspecified atom stereocenters. The molecule has 8 nitrogen and oxygen atoms in total. The summed E-state index contributed by atoms with van der Waals surface area (Å²) in [7, 11) is 2.29. The quantitative estimate of drug-likeness (QED) is 0.477. The van der Waals surface area contributed by atoms with Gasteiger partial charge in [0.25, 0.3) is 10.0 Å². The summed E-state index contributed by atoms with van der Waals surface area (Å²) in [6, 6.07) is 18.5. The molecule has 4 rings (SSSR count). The summed E-state index contributed by atoms with van der Waals surface area (Å²) in [5, 5.41) is 4.59. The smallest absolute Gasteiger partial charge is 0.279 e. The fourth-order valence-electron chi connectivity index (χ4n) is 3.91. The van der Waals surface area contributed by atoms with E-state index in [4.69, 9.17) is 18.9 Å². The van der Waals surface area contributed by atoms with E-state index in [2.05, 4.69) is 5.10 Å². The number of hydrogen-bond donors (Lipinski definition) is 0. The van der Waals surface area contributed by atoms with Crippen molar-refractivity contribution in [1.29, 1.82) is 0 Å². The zero-order valence-corrected chi connectivity index (χ0v) is 20.2. The molecular formula is C25H26N2O6S.